The van der Waals surface area contributed by atoms with Crippen LogP contribution in [-0.4, -0.2) is 41.6 Å². The van der Waals surface area contributed by atoms with Crippen LogP contribution in [0.25, 0.3) is 0 Å². The number of carbonyl (C=O) groups excluding carboxylic acids is 1. The van der Waals surface area contributed by atoms with Crippen molar-refractivity contribution in [1.29, 1.82) is 0 Å². The van der Waals surface area contributed by atoms with E-state index >= 15 is 0 Å². The van der Waals surface area contributed by atoms with Gasteiger partial charge in [-0.1, -0.05) is 67.6 Å². The Bertz CT molecular complexity index is 917. The van der Waals surface area contributed by atoms with E-state index in [0.717, 1.165) is 19.5 Å². The topological polar surface area (TPSA) is 49.8 Å². The van der Waals surface area contributed by atoms with Gasteiger partial charge in [-0.15, -0.1) is 12.4 Å². The highest BCUT2D eigenvalue weighted by Crippen LogP contribution is 2.14. The summed E-state index contributed by atoms with van der Waals surface area (Å²) in [7, 11) is 0. The summed E-state index contributed by atoms with van der Waals surface area (Å²) in [6.45, 7) is 4.20. The van der Waals surface area contributed by atoms with E-state index in [1.807, 2.05) is 31.2 Å². The zero-order valence-electron chi connectivity index (χ0n) is 18.5. The lowest BCUT2D eigenvalue weighted by Crippen LogP contribution is -2.36. The van der Waals surface area contributed by atoms with Gasteiger partial charge in [-0.3, -0.25) is 9.69 Å². The van der Waals surface area contributed by atoms with Gasteiger partial charge in [-0.2, -0.15) is 0 Å². The lowest BCUT2D eigenvalue weighted by molar-refractivity contribution is 0.0659. The normalized spacial score (nSPS) is 11.6. The molecule has 1 atom stereocenters. The van der Waals surface area contributed by atoms with Crippen LogP contribution in [0, 0.1) is 0 Å². The highest BCUT2D eigenvalue weighted by Gasteiger charge is 2.14. The zero-order chi connectivity index (χ0) is 21.9. The van der Waals surface area contributed by atoms with Crippen molar-refractivity contribution < 1.29 is 14.6 Å². The SMILES string of the molecule is CCC(=O)c1ccc(OCC(O)CN(CCc2ccccc2)Cc2ccccc2)cc1.Cl. The first-order chi connectivity index (χ1) is 15.1. The van der Waals surface area contributed by atoms with E-state index in [9.17, 15) is 9.90 Å². The molecule has 3 rings (SSSR count). The number of benzene rings is 3. The molecule has 1 N–H and O–H groups in total. The van der Waals surface area contributed by atoms with Crippen molar-refractivity contribution in [2.75, 3.05) is 19.7 Å². The number of Topliss-reactive ketones (excluding diaryl/α,β-unsaturated/α-hetero) is 1. The van der Waals surface area contributed by atoms with Crippen molar-refractivity contribution in [3.05, 3.63) is 102 Å². The van der Waals surface area contributed by atoms with Gasteiger partial charge in [0, 0.05) is 31.6 Å². The molecule has 4 nitrogen and oxygen atoms in total. The number of carbonyl (C=O) groups is 1. The van der Waals surface area contributed by atoms with Crippen LogP contribution in [0.4, 0.5) is 0 Å². The number of hydrogen-bond donors (Lipinski definition) is 1. The predicted octanol–water partition coefficient (Wildman–Crippen LogP) is 5.19. The highest BCUT2D eigenvalue weighted by atomic mass is 35.5. The van der Waals surface area contributed by atoms with E-state index in [0.29, 0.717) is 24.3 Å². The first kappa shape index (κ1) is 25.6. The summed E-state index contributed by atoms with van der Waals surface area (Å²) >= 11 is 0. The monoisotopic (exact) mass is 453 g/mol. The van der Waals surface area contributed by atoms with Gasteiger partial charge in [0.2, 0.25) is 0 Å². The second-order valence-corrected chi connectivity index (χ2v) is 7.72. The Labute approximate surface area is 197 Å². The Morgan fingerprint density at radius 2 is 1.50 bits per heavy atom. The van der Waals surface area contributed by atoms with E-state index in [4.69, 9.17) is 4.74 Å². The first-order valence-corrected chi connectivity index (χ1v) is 10.9. The van der Waals surface area contributed by atoms with Gasteiger partial charge in [0.25, 0.3) is 0 Å². The van der Waals surface area contributed by atoms with Crippen LogP contribution in [0.15, 0.2) is 84.9 Å². The Kier molecular flexibility index (Phi) is 10.9. The van der Waals surface area contributed by atoms with E-state index < -0.39 is 6.10 Å². The lowest BCUT2D eigenvalue weighted by Gasteiger charge is -2.25. The molecule has 32 heavy (non-hydrogen) atoms. The fourth-order valence-corrected chi connectivity index (χ4v) is 3.49. The molecule has 1 unspecified atom stereocenters. The molecule has 0 aliphatic carbocycles. The molecule has 3 aromatic rings. The Balaban J connectivity index is 0.00000363. The van der Waals surface area contributed by atoms with Crippen molar-refractivity contribution in [2.24, 2.45) is 0 Å². The van der Waals surface area contributed by atoms with Gasteiger partial charge in [0.15, 0.2) is 5.78 Å². The second kappa shape index (κ2) is 13.7. The van der Waals surface area contributed by atoms with Crippen LogP contribution >= 0.6 is 12.4 Å². The lowest BCUT2D eigenvalue weighted by atomic mass is 10.1. The molecular formula is C27H32ClNO3. The second-order valence-electron chi connectivity index (χ2n) is 7.72. The summed E-state index contributed by atoms with van der Waals surface area (Å²) in [5, 5.41) is 10.6. The number of aliphatic hydroxyl groups excluding tert-OH is 1. The number of ether oxygens (including phenoxy) is 1. The Morgan fingerprint density at radius 3 is 2.09 bits per heavy atom. The minimum atomic E-state index is -0.614. The number of hydrogen-bond acceptors (Lipinski definition) is 4. The van der Waals surface area contributed by atoms with Crippen LogP contribution in [0.2, 0.25) is 0 Å². The maximum atomic E-state index is 11.7. The molecule has 0 amide bonds. The van der Waals surface area contributed by atoms with Crippen LogP contribution in [-0.2, 0) is 13.0 Å². The molecule has 0 aliphatic rings. The fourth-order valence-electron chi connectivity index (χ4n) is 3.49. The average Bonchev–Trinajstić information content (AvgIpc) is 2.82. The molecule has 0 aromatic heterocycles. The molecule has 0 spiro atoms. The van der Waals surface area contributed by atoms with Gasteiger partial charge >= 0.3 is 0 Å². The first-order valence-electron chi connectivity index (χ1n) is 10.9. The maximum absolute atomic E-state index is 11.7. The van der Waals surface area contributed by atoms with E-state index in [2.05, 4.69) is 41.3 Å². The molecule has 0 fully saturated rings. The third-order valence-electron chi connectivity index (χ3n) is 5.22. The summed E-state index contributed by atoms with van der Waals surface area (Å²) in [4.78, 5) is 14.0. The quantitative estimate of drug-likeness (QED) is 0.383. The third kappa shape index (κ3) is 8.46. The number of ketones is 1. The summed E-state index contributed by atoms with van der Waals surface area (Å²) in [5.41, 5.74) is 3.19. The summed E-state index contributed by atoms with van der Waals surface area (Å²) in [6, 6.07) is 27.8. The molecular weight excluding hydrogens is 422 g/mol. The van der Waals surface area contributed by atoms with Crippen molar-refractivity contribution in [1.82, 2.24) is 4.90 Å². The summed E-state index contributed by atoms with van der Waals surface area (Å²) in [6.07, 6.45) is 0.796. The van der Waals surface area contributed by atoms with E-state index in [-0.39, 0.29) is 24.8 Å². The zero-order valence-corrected chi connectivity index (χ0v) is 19.3. The fraction of sp³-hybridized carbons (Fsp3) is 0.296. The number of nitrogens with zero attached hydrogens (tertiary/aromatic N) is 1. The molecule has 170 valence electrons. The maximum Gasteiger partial charge on any atom is 0.162 e. The molecule has 0 saturated heterocycles. The standard InChI is InChI=1S/C27H31NO3.ClH/c1-2-27(30)24-13-15-26(16-14-24)31-21-25(29)20-28(19-23-11-7-4-8-12-23)18-17-22-9-5-3-6-10-22;/h3-16,25,29H,2,17-21H2,1H3;1H. The smallest absolute Gasteiger partial charge is 0.162 e. The predicted molar refractivity (Wildman–Crippen MR) is 132 cm³/mol. The molecule has 0 heterocycles. The van der Waals surface area contributed by atoms with Crippen molar-refractivity contribution in [3.63, 3.8) is 0 Å². The Hall–Kier alpha value is -2.66. The summed E-state index contributed by atoms with van der Waals surface area (Å²) in [5.74, 6) is 0.771. The highest BCUT2D eigenvalue weighted by molar-refractivity contribution is 5.95. The molecule has 3 aromatic carbocycles. The van der Waals surface area contributed by atoms with Crippen LogP contribution in [0.3, 0.4) is 0 Å². The van der Waals surface area contributed by atoms with Gasteiger partial charge in [0.05, 0.1) is 0 Å². The number of halogens is 1. The largest absolute Gasteiger partial charge is 0.491 e. The minimum Gasteiger partial charge on any atom is -0.491 e. The molecule has 0 radical (unpaired) electrons. The van der Waals surface area contributed by atoms with Crippen LogP contribution < -0.4 is 4.74 Å². The van der Waals surface area contributed by atoms with E-state index in [1.54, 1.807) is 24.3 Å². The average molecular weight is 454 g/mol. The van der Waals surface area contributed by atoms with E-state index in [1.165, 1.54) is 11.1 Å². The molecule has 5 heteroatoms. The van der Waals surface area contributed by atoms with Gasteiger partial charge in [-0.05, 0) is 41.8 Å². The third-order valence-corrected chi connectivity index (χ3v) is 5.22. The molecule has 0 bridgehead atoms. The van der Waals surface area contributed by atoms with Crippen molar-refractivity contribution in [3.8, 4) is 5.75 Å². The van der Waals surface area contributed by atoms with Gasteiger partial charge in [0.1, 0.15) is 18.5 Å². The Morgan fingerprint density at radius 1 is 0.906 bits per heavy atom. The molecule has 0 saturated carbocycles. The molecule has 0 aliphatic heterocycles. The van der Waals surface area contributed by atoms with Gasteiger partial charge < -0.3 is 9.84 Å². The number of rotatable bonds is 12. The van der Waals surface area contributed by atoms with Crippen LogP contribution in [0.5, 0.6) is 5.75 Å². The van der Waals surface area contributed by atoms with Gasteiger partial charge in [-0.25, -0.2) is 0 Å². The van der Waals surface area contributed by atoms with Crippen LogP contribution in [0.1, 0.15) is 34.8 Å². The minimum absolute atomic E-state index is 0. The number of aliphatic hydroxyl groups is 1. The van der Waals surface area contributed by atoms with Crippen molar-refractivity contribution in [2.45, 2.75) is 32.4 Å². The summed E-state index contributed by atoms with van der Waals surface area (Å²) < 4.78 is 5.76. The van der Waals surface area contributed by atoms with Crippen molar-refractivity contribution >= 4 is 18.2 Å².